The van der Waals surface area contributed by atoms with Gasteiger partial charge in [-0.2, -0.15) is 5.10 Å². The SMILES string of the molecule is CCc1ccccc1-n1c(SCC(=O)NCc2ccccc2)nc2n[nH]c(C)c2c1=N. The highest BCUT2D eigenvalue weighted by molar-refractivity contribution is 7.99. The topological polar surface area (TPSA) is 99.4 Å². The summed E-state index contributed by atoms with van der Waals surface area (Å²) >= 11 is 1.31. The number of para-hydroxylation sites is 1. The highest BCUT2D eigenvalue weighted by atomic mass is 32.2. The van der Waals surface area contributed by atoms with Crippen LogP contribution < -0.4 is 10.8 Å². The number of carbonyl (C=O) groups excluding carboxylic acids is 1. The predicted octanol–water partition coefficient (Wildman–Crippen LogP) is 3.51. The minimum Gasteiger partial charge on any atom is -0.351 e. The Kier molecular flexibility index (Phi) is 6.18. The second-order valence-electron chi connectivity index (χ2n) is 7.16. The Morgan fingerprint density at radius 1 is 1.16 bits per heavy atom. The quantitative estimate of drug-likeness (QED) is 0.307. The van der Waals surface area contributed by atoms with E-state index in [1.165, 1.54) is 11.8 Å². The van der Waals surface area contributed by atoms with E-state index in [-0.39, 0.29) is 11.7 Å². The lowest BCUT2D eigenvalue weighted by molar-refractivity contribution is -0.118. The zero-order valence-corrected chi connectivity index (χ0v) is 18.3. The molecule has 158 valence electrons. The van der Waals surface area contributed by atoms with Gasteiger partial charge in [-0.3, -0.25) is 19.9 Å². The molecule has 4 aromatic rings. The van der Waals surface area contributed by atoms with Crippen molar-refractivity contribution in [2.75, 3.05) is 5.75 Å². The standard InChI is InChI=1S/C23H24N6OS/c1-3-17-11-7-8-12-18(17)29-21(24)20-15(2)27-28-22(20)26-23(29)31-14-19(30)25-13-16-9-5-4-6-10-16/h4-12,24H,3,13-14H2,1-2H3,(H,25,30)(H,27,28). The van der Waals surface area contributed by atoms with Crippen LogP contribution in [-0.4, -0.2) is 31.4 Å². The van der Waals surface area contributed by atoms with Gasteiger partial charge in [-0.1, -0.05) is 67.2 Å². The number of H-pyrrole nitrogens is 1. The Morgan fingerprint density at radius 3 is 2.68 bits per heavy atom. The first-order chi connectivity index (χ1) is 15.1. The number of nitrogens with one attached hydrogen (secondary N) is 3. The number of aromatic amines is 1. The molecule has 4 rings (SSSR count). The molecule has 0 saturated carbocycles. The second-order valence-corrected chi connectivity index (χ2v) is 8.10. The van der Waals surface area contributed by atoms with Crippen LogP contribution in [0.25, 0.3) is 16.7 Å². The Balaban J connectivity index is 1.65. The molecule has 3 N–H and O–H groups in total. The summed E-state index contributed by atoms with van der Waals surface area (Å²) in [5.41, 5.74) is 4.65. The zero-order valence-electron chi connectivity index (χ0n) is 17.5. The van der Waals surface area contributed by atoms with Crippen LogP contribution in [0.3, 0.4) is 0 Å². The van der Waals surface area contributed by atoms with Crippen LogP contribution in [0.15, 0.2) is 59.8 Å². The van der Waals surface area contributed by atoms with Gasteiger partial charge in [0, 0.05) is 12.2 Å². The van der Waals surface area contributed by atoms with Gasteiger partial charge in [-0.15, -0.1) is 0 Å². The van der Waals surface area contributed by atoms with E-state index in [1.807, 2.05) is 60.0 Å². The highest BCUT2D eigenvalue weighted by Crippen LogP contribution is 2.23. The van der Waals surface area contributed by atoms with Gasteiger partial charge in [0.2, 0.25) is 5.91 Å². The Morgan fingerprint density at radius 2 is 1.90 bits per heavy atom. The van der Waals surface area contributed by atoms with Crippen LogP contribution >= 0.6 is 11.8 Å². The molecule has 0 spiro atoms. The Hall–Kier alpha value is -3.39. The lowest BCUT2D eigenvalue weighted by atomic mass is 10.1. The van der Waals surface area contributed by atoms with Crippen molar-refractivity contribution in [3.05, 3.63) is 76.9 Å². The summed E-state index contributed by atoms with van der Waals surface area (Å²) in [7, 11) is 0. The van der Waals surface area contributed by atoms with Crippen LogP contribution in [0.5, 0.6) is 0 Å². The van der Waals surface area contributed by atoms with E-state index in [0.29, 0.717) is 28.2 Å². The van der Waals surface area contributed by atoms with Crippen molar-refractivity contribution in [2.45, 2.75) is 32.0 Å². The minimum absolute atomic E-state index is 0.0872. The number of carbonyl (C=O) groups is 1. The number of fused-ring (bicyclic) bond motifs is 1. The normalized spacial score (nSPS) is 11.0. The summed E-state index contributed by atoms with van der Waals surface area (Å²) < 4.78 is 1.82. The maximum atomic E-state index is 12.5. The van der Waals surface area contributed by atoms with Gasteiger partial charge in [-0.25, -0.2) is 4.98 Å². The second kappa shape index (κ2) is 9.18. The molecule has 1 amide bonds. The molecule has 0 unspecified atom stereocenters. The molecule has 0 aliphatic heterocycles. The van der Waals surface area contributed by atoms with Crippen molar-refractivity contribution < 1.29 is 4.79 Å². The average Bonchev–Trinajstić information content (AvgIpc) is 3.17. The number of hydrogen-bond acceptors (Lipinski definition) is 5. The fourth-order valence-electron chi connectivity index (χ4n) is 3.45. The summed E-state index contributed by atoms with van der Waals surface area (Å²) in [5.74, 6) is 0.110. The number of nitrogens with zero attached hydrogens (tertiary/aromatic N) is 3. The molecular weight excluding hydrogens is 408 g/mol. The Labute approximate surface area is 184 Å². The van der Waals surface area contributed by atoms with Gasteiger partial charge < -0.3 is 5.32 Å². The molecule has 0 bridgehead atoms. The van der Waals surface area contributed by atoms with Gasteiger partial charge in [0.1, 0.15) is 5.49 Å². The predicted molar refractivity (Wildman–Crippen MR) is 122 cm³/mol. The Bertz CT molecular complexity index is 1280. The van der Waals surface area contributed by atoms with Gasteiger partial charge in [0.25, 0.3) is 0 Å². The first kappa shape index (κ1) is 20.9. The fourth-order valence-corrected chi connectivity index (χ4v) is 4.29. The molecule has 0 fully saturated rings. The maximum Gasteiger partial charge on any atom is 0.230 e. The zero-order chi connectivity index (χ0) is 21.8. The molecule has 7 nitrogen and oxygen atoms in total. The molecule has 31 heavy (non-hydrogen) atoms. The van der Waals surface area contributed by atoms with E-state index in [1.54, 1.807) is 0 Å². The summed E-state index contributed by atoms with van der Waals surface area (Å²) in [5, 5.41) is 20.2. The number of amides is 1. The molecule has 0 aliphatic rings. The van der Waals surface area contributed by atoms with Crippen molar-refractivity contribution >= 4 is 28.7 Å². The minimum atomic E-state index is -0.0872. The summed E-state index contributed by atoms with van der Waals surface area (Å²) in [6.07, 6.45) is 0.826. The first-order valence-corrected chi connectivity index (χ1v) is 11.1. The van der Waals surface area contributed by atoms with Crippen LogP contribution in [0.1, 0.15) is 23.7 Å². The number of thioether (sulfide) groups is 1. The maximum absolute atomic E-state index is 12.5. The van der Waals surface area contributed by atoms with Gasteiger partial charge >= 0.3 is 0 Å². The lowest BCUT2D eigenvalue weighted by Gasteiger charge is -2.16. The summed E-state index contributed by atoms with van der Waals surface area (Å²) in [4.78, 5) is 17.2. The number of benzene rings is 2. The third kappa shape index (κ3) is 4.39. The molecule has 0 radical (unpaired) electrons. The molecule has 0 atom stereocenters. The van der Waals surface area contributed by atoms with E-state index < -0.39 is 0 Å². The molecule has 0 aliphatic carbocycles. The van der Waals surface area contributed by atoms with Crippen molar-refractivity contribution in [3.63, 3.8) is 0 Å². The van der Waals surface area contributed by atoms with Gasteiger partial charge in [0.05, 0.1) is 16.8 Å². The number of aromatic nitrogens is 4. The van der Waals surface area contributed by atoms with Crippen molar-refractivity contribution in [3.8, 4) is 5.69 Å². The number of rotatable bonds is 7. The molecular formula is C23H24N6OS. The van der Waals surface area contributed by atoms with E-state index in [9.17, 15) is 4.79 Å². The first-order valence-electron chi connectivity index (χ1n) is 10.1. The van der Waals surface area contributed by atoms with E-state index >= 15 is 0 Å². The monoisotopic (exact) mass is 432 g/mol. The lowest BCUT2D eigenvalue weighted by Crippen LogP contribution is -2.26. The van der Waals surface area contributed by atoms with E-state index in [2.05, 4.69) is 33.5 Å². The smallest absolute Gasteiger partial charge is 0.230 e. The molecule has 2 heterocycles. The van der Waals surface area contributed by atoms with Crippen molar-refractivity contribution in [2.24, 2.45) is 0 Å². The van der Waals surface area contributed by atoms with Crippen LogP contribution in [-0.2, 0) is 17.8 Å². The van der Waals surface area contributed by atoms with Gasteiger partial charge in [0.15, 0.2) is 10.8 Å². The van der Waals surface area contributed by atoms with Crippen molar-refractivity contribution in [1.29, 1.82) is 5.41 Å². The third-order valence-corrected chi connectivity index (χ3v) is 6.00. The highest BCUT2D eigenvalue weighted by Gasteiger charge is 2.17. The molecule has 2 aromatic heterocycles. The van der Waals surface area contributed by atoms with Crippen LogP contribution in [0.4, 0.5) is 0 Å². The molecule has 0 saturated heterocycles. The molecule has 8 heteroatoms. The number of hydrogen-bond donors (Lipinski definition) is 3. The van der Waals surface area contributed by atoms with E-state index in [4.69, 9.17) is 5.41 Å². The molecule has 2 aromatic carbocycles. The number of aryl methyl sites for hydroxylation is 2. The average molecular weight is 433 g/mol. The van der Waals surface area contributed by atoms with Crippen LogP contribution in [0, 0.1) is 12.3 Å². The van der Waals surface area contributed by atoms with E-state index in [0.717, 1.165) is 28.9 Å². The summed E-state index contributed by atoms with van der Waals surface area (Å²) in [6.45, 7) is 4.45. The van der Waals surface area contributed by atoms with Gasteiger partial charge in [-0.05, 0) is 30.5 Å². The summed E-state index contributed by atoms with van der Waals surface area (Å²) in [6, 6.07) is 17.8. The van der Waals surface area contributed by atoms with Crippen molar-refractivity contribution in [1.82, 2.24) is 25.1 Å². The largest absolute Gasteiger partial charge is 0.351 e. The van der Waals surface area contributed by atoms with Crippen LogP contribution in [0.2, 0.25) is 0 Å². The third-order valence-electron chi connectivity index (χ3n) is 5.06. The fraction of sp³-hybridized carbons (Fsp3) is 0.217.